The predicted molar refractivity (Wildman–Crippen MR) is 97.5 cm³/mol. The molecular weight excluding hydrogens is 314 g/mol. The molecule has 25 heavy (non-hydrogen) atoms. The number of rotatable bonds is 4. The summed E-state index contributed by atoms with van der Waals surface area (Å²) < 4.78 is 0. The van der Waals surface area contributed by atoms with Crippen molar-refractivity contribution in [3.63, 3.8) is 0 Å². The number of nitrogens with zero attached hydrogens (tertiary/aromatic N) is 2. The largest absolute Gasteiger partial charge is 0.348 e. The van der Waals surface area contributed by atoms with Crippen LogP contribution >= 0.6 is 0 Å². The summed E-state index contributed by atoms with van der Waals surface area (Å²) in [6, 6.07) is 16.7. The number of benzene rings is 2. The molecule has 5 heteroatoms. The Bertz CT molecular complexity index is 720. The lowest BCUT2D eigenvalue weighted by molar-refractivity contribution is 0.0663. The molecule has 0 unspecified atom stereocenters. The van der Waals surface area contributed by atoms with Crippen LogP contribution < -0.4 is 5.32 Å². The Kier molecular flexibility index (Phi) is 5.46. The van der Waals surface area contributed by atoms with E-state index in [1.54, 1.807) is 24.3 Å². The van der Waals surface area contributed by atoms with Crippen LogP contribution in [0.3, 0.4) is 0 Å². The molecule has 5 nitrogen and oxygen atoms in total. The number of amides is 2. The maximum absolute atomic E-state index is 12.5. The highest BCUT2D eigenvalue weighted by Gasteiger charge is 2.20. The molecule has 3 rings (SSSR count). The van der Waals surface area contributed by atoms with E-state index in [1.807, 2.05) is 35.2 Å². The van der Waals surface area contributed by atoms with Crippen molar-refractivity contribution in [3.8, 4) is 0 Å². The summed E-state index contributed by atoms with van der Waals surface area (Å²) in [4.78, 5) is 28.8. The molecule has 0 aliphatic carbocycles. The topological polar surface area (TPSA) is 52.7 Å². The summed E-state index contributed by atoms with van der Waals surface area (Å²) >= 11 is 0. The molecule has 0 bridgehead atoms. The van der Waals surface area contributed by atoms with Crippen molar-refractivity contribution in [3.05, 3.63) is 71.3 Å². The van der Waals surface area contributed by atoms with Crippen LogP contribution in [0.1, 0.15) is 26.3 Å². The van der Waals surface area contributed by atoms with E-state index < -0.39 is 0 Å². The fourth-order valence-corrected chi connectivity index (χ4v) is 2.84. The highest BCUT2D eigenvalue weighted by Crippen LogP contribution is 2.10. The number of piperazine rings is 1. The Labute approximate surface area is 148 Å². The molecule has 2 aromatic carbocycles. The summed E-state index contributed by atoms with van der Waals surface area (Å²) in [6.07, 6.45) is 0. The van der Waals surface area contributed by atoms with E-state index in [0.717, 1.165) is 31.7 Å². The molecule has 130 valence electrons. The number of carbonyl (C=O) groups is 2. The molecule has 0 saturated carbocycles. The van der Waals surface area contributed by atoms with Crippen molar-refractivity contribution >= 4 is 11.8 Å². The zero-order valence-corrected chi connectivity index (χ0v) is 14.4. The first-order chi connectivity index (χ1) is 12.1. The molecule has 1 heterocycles. The van der Waals surface area contributed by atoms with E-state index in [4.69, 9.17) is 0 Å². The Morgan fingerprint density at radius 1 is 0.880 bits per heavy atom. The maximum Gasteiger partial charge on any atom is 0.253 e. The Morgan fingerprint density at radius 2 is 1.48 bits per heavy atom. The molecule has 0 spiro atoms. The van der Waals surface area contributed by atoms with E-state index in [2.05, 4.69) is 17.3 Å². The number of nitrogens with one attached hydrogen (secondary N) is 1. The lowest BCUT2D eigenvalue weighted by atomic mass is 10.1. The standard InChI is InChI=1S/C20H23N3O2/c1-22-11-13-23(14-12-22)20(25)18-9-7-17(8-10-18)19(24)21-15-16-5-3-2-4-6-16/h2-10H,11-15H2,1H3,(H,21,24). The normalized spacial score (nSPS) is 15.0. The first-order valence-electron chi connectivity index (χ1n) is 8.53. The fourth-order valence-electron chi connectivity index (χ4n) is 2.84. The second kappa shape index (κ2) is 7.94. The predicted octanol–water partition coefficient (Wildman–Crippen LogP) is 2.00. The van der Waals surface area contributed by atoms with Crippen LogP contribution in [0, 0.1) is 0 Å². The van der Waals surface area contributed by atoms with Gasteiger partial charge in [-0.15, -0.1) is 0 Å². The van der Waals surface area contributed by atoms with Crippen LogP contribution in [0.2, 0.25) is 0 Å². The minimum atomic E-state index is -0.137. The van der Waals surface area contributed by atoms with Gasteiger partial charge >= 0.3 is 0 Å². The Balaban J connectivity index is 1.58. The summed E-state index contributed by atoms with van der Waals surface area (Å²) in [7, 11) is 2.06. The first kappa shape index (κ1) is 17.2. The molecule has 0 atom stereocenters. The van der Waals surface area contributed by atoms with Crippen LogP contribution in [0.4, 0.5) is 0 Å². The van der Waals surface area contributed by atoms with E-state index in [0.29, 0.717) is 17.7 Å². The van der Waals surface area contributed by atoms with E-state index >= 15 is 0 Å². The Morgan fingerprint density at radius 3 is 2.12 bits per heavy atom. The van der Waals surface area contributed by atoms with Gasteiger partial charge < -0.3 is 15.1 Å². The highest BCUT2D eigenvalue weighted by atomic mass is 16.2. The second-order valence-corrected chi connectivity index (χ2v) is 6.34. The number of likely N-dealkylation sites (N-methyl/N-ethyl adjacent to an activating group) is 1. The van der Waals surface area contributed by atoms with Crippen molar-refractivity contribution in [1.82, 2.24) is 15.1 Å². The average Bonchev–Trinajstić information content (AvgIpc) is 2.67. The molecular formula is C20H23N3O2. The van der Waals surface area contributed by atoms with Crippen molar-refractivity contribution in [2.24, 2.45) is 0 Å². The molecule has 2 aromatic rings. The molecule has 1 N–H and O–H groups in total. The van der Waals surface area contributed by atoms with Crippen LogP contribution in [0.5, 0.6) is 0 Å². The van der Waals surface area contributed by atoms with E-state index in [1.165, 1.54) is 0 Å². The lowest BCUT2D eigenvalue weighted by Gasteiger charge is -2.32. The van der Waals surface area contributed by atoms with Crippen LogP contribution in [-0.4, -0.2) is 54.8 Å². The maximum atomic E-state index is 12.5. The second-order valence-electron chi connectivity index (χ2n) is 6.34. The Hall–Kier alpha value is -2.66. The lowest BCUT2D eigenvalue weighted by Crippen LogP contribution is -2.47. The smallest absolute Gasteiger partial charge is 0.253 e. The summed E-state index contributed by atoms with van der Waals surface area (Å²) in [5.41, 5.74) is 2.24. The fraction of sp³-hybridized carbons (Fsp3) is 0.300. The molecule has 0 radical (unpaired) electrons. The number of hydrogen-bond donors (Lipinski definition) is 1. The summed E-state index contributed by atoms with van der Waals surface area (Å²) in [6.45, 7) is 3.77. The van der Waals surface area contributed by atoms with Gasteiger partial charge in [0.1, 0.15) is 0 Å². The van der Waals surface area contributed by atoms with Gasteiger partial charge in [0.05, 0.1) is 0 Å². The van der Waals surface area contributed by atoms with E-state index in [9.17, 15) is 9.59 Å². The van der Waals surface area contributed by atoms with Gasteiger partial charge in [0.15, 0.2) is 0 Å². The molecule has 0 aromatic heterocycles. The zero-order valence-electron chi connectivity index (χ0n) is 14.4. The third-order valence-electron chi connectivity index (χ3n) is 4.48. The van der Waals surface area contributed by atoms with Crippen molar-refractivity contribution in [2.75, 3.05) is 33.2 Å². The molecule has 1 aliphatic heterocycles. The van der Waals surface area contributed by atoms with Crippen molar-refractivity contribution in [1.29, 1.82) is 0 Å². The average molecular weight is 337 g/mol. The van der Waals surface area contributed by atoms with Crippen molar-refractivity contribution < 1.29 is 9.59 Å². The van der Waals surface area contributed by atoms with Gasteiger partial charge in [-0.05, 0) is 36.9 Å². The highest BCUT2D eigenvalue weighted by molar-refractivity contribution is 5.97. The molecule has 1 aliphatic rings. The van der Waals surface area contributed by atoms with Crippen LogP contribution in [0.15, 0.2) is 54.6 Å². The van der Waals surface area contributed by atoms with Gasteiger partial charge in [0.25, 0.3) is 11.8 Å². The van der Waals surface area contributed by atoms with Gasteiger partial charge in [-0.3, -0.25) is 9.59 Å². The number of carbonyl (C=O) groups excluding carboxylic acids is 2. The van der Waals surface area contributed by atoms with Crippen LogP contribution in [-0.2, 0) is 6.54 Å². The molecule has 1 fully saturated rings. The van der Waals surface area contributed by atoms with Gasteiger partial charge in [0.2, 0.25) is 0 Å². The molecule has 1 saturated heterocycles. The third kappa shape index (κ3) is 4.45. The molecule has 2 amide bonds. The van der Waals surface area contributed by atoms with Crippen molar-refractivity contribution in [2.45, 2.75) is 6.54 Å². The first-order valence-corrected chi connectivity index (χ1v) is 8.53. The summed E-state index contributed by atoms with van der Waals surface area (Å²) in [5.74, 6) is -0.105. The minimum Gasteiger partial charge on any atom is -0.348 e. The van der Waals surface area contributed by atoms with Gasteiger partial charge in [-0.2, -0.15) is 0 Å². The minimum absolute atomic E-state index is 0.0318. The zero-order chi connectivity index (χ0) is 17.6. The number of hydrogen-bond acceptors (Lipinski definition) is 3. The third-order valence-corrected chi connectivity index (χ3v) is 4.48. The SMILES string of the molecule is CN1CCN(C(=O)c2ccc(C(=O)NCc3ccccc3)cc2)CC1. The summed E-state index contributed by atoms with van der Waals surface area (Å²) in [5, 5.41) is 2.89. The van der Waals surface area contributed by atoms with Crippen LogP contribution in [0.25, 0.3) is 0 Å². The monoisotopic (exact) mass is 337 g/mol. The van der Waals surface area contributed by atoms with Gasteiger partial charge in [0, 0.05) is 43.9 Å². The quantitative estimate of drug-likeness (QED) is 0.928. The van der Waals surface area contributed by atoms with Gasteiger partial charge in [-0.1, -0.05) is 30.3 Å². The van der Waals surface area contributed by atoms with Gasteiger partial charge in [-0.25, -0.2) is 0 Å². The van der Waals surface area contributed by atoms with E-state index in [-0.39, 0.29) is 11.8 Å².